The van der Waals surface area contributed by atoms with Gasteiger partial charge in [-0.25, -0.2) is 5.43 Å². The van der Waals surface area contributed by atoms with E-state index in [0.29, 0.717) is 5.56 Å². The normalized spacial score (nSPS) is 10.5. The number of nitrogens with one attached hydrogen (secondary N) is 1. The van der Waals surface area contributed by atoms with Crippen LogP contribution in [-0.2, 0) is 0 Å². The van der Waals surface area contributed by atoms with Gasteiger partial charge in [-0.1, -0.05) is 0 Å². The standard InChI is InChI=1S/C16H15IN2O3/c1-21-13-6-3-11(4-7-13)10-18-19-16(20)12-5-8-15(22-2)14(17)9-12/h3-10H,1-2H3,(H,19,20)/b18-10+. The van der Waals surface area contributed by atoms with Crippen molar-refractivity contribution in [2.24, 2.45) is 5.10 Å². The highest BCUT2D eigenvalue weighted by molar-refractivity contribution is 14.1. The van der Waals surface area contributed by atoms with Gasteiger partial charge in [0.1, 0.15) is 11.5 Å². The number of nitrogens with zero attached hydrogens (tertiary/aromatic N) is 1. The first-order valence-corrected chi connectivity index (χ1v) is 7.53. The summed E-state index contributed by atoms with van der Waals surface area (Å²) in [5.74, 6) is 1.23. The summed E-state index contributed by atoms with van der Waals surface area (Å²) in [6.07, 6.45) is 1.58. The molecular formula is C16H15IN2O3. The Hall–Kier alpha value is -2.09. The lowest BCUT2D eigenvalue weighted by Crippen LogP contribution is -2.17. The van der Waals surface area contributed by atoms with Crippen LogP contribution in [0.25, 0.3) is 0 Å². The first-order chi connectivity index (χ1) is 10.6. The third kappa shape index (κ3) is 4.20. The number of ether oxygens (including phenoxy) is 2. The highest BCUT2D eigenvalue weighted by Gasteiger charge is 2.07. The van der Waals surface area contributed by atoms with Crippen LogP contribution in [0.3, 0.4) is 0 Å². The van der Waals surface area contributed by atoms with E-state index in [2.05, 4.69) is 33.1 Å². The Morgan fingerprint density at radius 1 is 1.14 bits per heavy atom. The molecular weight excluding hydrogens is 395 g/mol. The summed E-state index contributed by atoms with van der Waals surface area (Å²) in [4.78, 5) is 12.0. The Morgan fingerprint density at radius 2 is 1.86 bits per heavy atom. The van der Waals surface area contributed by atoms with Crippen LogP contribution in [0, 0.1) is 3.57 Å². The van der Waals surface area contributed by atoms with E-state index in [4.69, 9.17) is 9.47 Å². The molecule has 0 aliphatic rings. The number of rotatable bonds is 5. The quantitative estimate of drug-likeness (QED) is 0.468. The molecule has 2 aromatic carbocycles. The molecule has 0 unspecified atom stereocenters. The predicted molar refractivity (Wildman–Crippen MR) is 93.8 cm³/mol. The average Bonchev–Trinajstić information content (AvgIpc) is 2.55. The van der Waals surface area contributed by atoms with Gasteiger partial charge >= 0.3 is 0 Å². The molecule has 0 heterocycles. The maximum absolute atomic E-state index is 12.0. The van der Waals surface area contributed by atoms with E-state index in [1.54, 1.807) is 38.6 Å². The topological polar surface area (TPSA) is 59.9 Å². The second-order valence-corrected chi connectivity index (χ2v) is 5.48. The Bertz CT molecular complexity index is 684. The summed E-state index contributed by atoms with van der Waals surface area (Å²) in [5, 5.41) is 3.95. The SMILES string of the molecule is COc1ccc(/C=N/NC(=O)c2ccc(OC)c(I)c2)cc1. The number of hydrogen-bond acceptors (Lipinski definition) is 4. The largest absolute Gasteiger partial charge is 0.497 e. The summed E-state index contributed by atoms with van der Waals surface area (Å²) in [5.41, 5.74) is 3.89. The molecule has 0 bridgehead atoms. The molecule has 2 aromatic rings. The van der Waals surface area contributed by atoms with Crippen molar-refractivity contribution in [2.75, 3.05) is 14.2 Å². The van der Waals surface area contributed by atoms with Crippen LogP contribution in [0.2, 0.25) is 0 Å². The lowest BCUT2D eigenvalue weighted by molar-refractivity contribution is 0.0955. The first kappa shape index (κ1) is 16.3. The van der Waals surface area contributed by atoms with Crippen molar-refractivity contribution in [1.29, 1.82) is 0 Å². The van der Waals surface area contributed by atoms with Crippen LogP contribution in [0.15, 0.2) is 47.6 Å². The van der Waals surface area contributed by atoms with Crippen molar-refractivity contribution in [1.82, 2.24) is 5.43 Å². The minimum atomic E-state index is -0.273. The van der Waals surface area contributed by atoms with Crippen molar-refractivity contribution in [2.45, 2.75) is 0 Å². The molecule has 22 heavy (non-hydrogen) atoms. The predicted octanol–water partition coefficient (Wildman–Crippen LogP) is 3.07. The van der Waals surface area contributed by atoms with Gasteiger partial charge in [0.05, 0.1) is 24.0 Å². The van der Waals surface area contributed by atoms with Crippen molar-refractivity contribution < 1.29 is 14.3 Å². The molecule has 114 valence electrons. The van der Waals surface area contributed by atoms with Crippen LogP contribution in [0.4, 0.5) is 0 Å². The van der Waals surface area contributed by atoms with E-state index in [1.165, 1.54) is 0 Å². The molecule has 0 aliphatic heterocycles. The number of halogens is 1. The van der Waals surface area contributed by atoms with E-state index in [0.717, 1.165) is 20.6 Å². The molecule has 0 atom stereocenters. The van der Waals surface area contributed by atoms with Gasteiger partial charge < -0.3 is 9.47 Å². The molecule has 0 spiro atoms. The van der Waals surface area contributed by atoms with Gasteiger partial charge in [-0.3, -0.25) is 4.79 Å². The van der Waals surface area contributed by atoms with Gasteiger partial charge in [-0.2, -0.15) is 5.10 Å². The van der Waals surface area contributed by atoms with Crippen LogP contribution in [-0.4, -0.2) is 26.3 Å². The monoisotopic (exact) mass is 410 g/mol. The number of amides is 1. The smallest absolute Gasteiger partial charge is 0.271 e. The van der Waals surface area contributed by atoms with E-state index < -0.39 is 0 Å². The minimum Gasteiger partial charge on any atom is -0.497 e. The fraction of sp³-hybridized carbons (Fsp3) is 0.125. The Labute approximate surface area is 142 Å². The molecule has 1 N–H and O–H groups in total. The summed E-state index contributed by atoms with van der Waals surface area (Å²) in [6, 6.07) is 12.6. The molecule has 0 saturated heterocycles. The molecule has 0 aliphatic carbocycles. The van der Waals surface area contributed by atoms with Crippen molar-refractivity contribution in [3.63, 3.8) is 0 Å². The number of hydrazone groups is 1. The molecule has 0 fully saturated rings. The van der Waals surface area contributed by atoms with Gasteiger partial charge in [-0.15, -0.1) is 0 Å². The fourth-order valence-corrected chi connectivity index (χ4v) is 2.46. The second kappa shape index (κ2) is 7.79. The van der Waals surface area contributed by atoms with Crippen LogP contribution in [0.5, 0.6) is 11.5 Å². The lowest BCUT2D eigenvalue weighted by Gasteiger charge is -2.05. The summed E-state index contributed by atoms with van der Waals surface area (Å²) >= 11 is 2.12. The van der Waals surface area contributed by atoms with Gasteiger partial charge in [0.15, 0.2) is 0 Å². The zero-order valence-electron chi connectivity index (χ0n) is 12.2. The highest BCUT2D eigenvalue weighted by atomic mass is 127. The maximum atomic E-state index is 12.0. The summed E-state index contributed by atoms with van der Waals surface area (Å²) in [7, 11) is 3.20. The van der Waals surface area contributed by atoms with Crippen LogP contribution >= 0.6 is 22.6 Å². The van der Waals surface area contributed by atoms with Crippen LogP contribution in [0.1, 0.15) is 15.9 Å². The number of benzene rings is 2. The third-order valence-electron chi connectivity index (χ3n) is 2.91. The van der Waals surface area contributed by atoms with Crippen molar-refractivity contribution in [3.8, 4) is 11.5 Å². The number of methoxy groups -OCH3 is 2. The molecule has 0 aromatic heterocycles. The Morgan fingerprint density at radius 3 is 2.45 bits per heavy atom. The number of carbonyl (C=O) groups excluding carboxylic acids is 1. The van der Waals surface area contributed by atoms with E-state index >= 15 is 0 Å². The maximum Gasteiger partial charge on any atom is 0.271 e. The molecule has 5 nitrogen and oxygen atoms in total. The zero-order chi connectivity index (χ0) is 15.9. The zero-order valence-corrected chi connectivity index (χ0v) is 14.3. The second-order valence-electron chi connectivity index (χ2n) is 4.32. The van der Waals surface area contributed by atoms with Gasteiger partial charge in [-0.05, 0) is 70.6 Å². The van der Waals surface area contributed by atoms with E-state index in [1.807, 2.05) is 24.3 Å². The first-order valence-electron chi connectivity index (χ1n) is 6.45. The molecule has 2 rings (SSSR count). The summed E-state index contributed by atoms with van der Waals surface area (Å²) < 4.78 is 11.1. The highest BCUT2D eigenvalue weighted by Crippen LogP contribution is 2.21. The lowest BCUT2D eigenvalue weighted by atomic mass is 10.2. The van der Waals surface area contributed by atoms with Gasteiger partial charge in [0, 0.05) is 5.56 Å². The van der Waals surface area contributed by atoms with Crippen molar-refractivity contribution in [3.05, 3.63) is 57.2 Å². The van der Waals surface area contributed by atoms with E-state index in [-0.39, 0.29) is 5.91 Å². The molecule has 0 saturated carbocycles. The molecule has 1 amide bonds. The van der Waals surface area contributed by atoms with Crippen LogP contribution < -0.4 is 14.9 Å². The van der Waals surface area contributed by atoms with Crippen molar-refractivity contribution >= 4 is 34.7 Å². The summed E-state index contributed by atoms with van der Waals surface area (Å²) in [6.45, 7) is 0. The third-order valence-corrected chi connectivity index (χ3v) is 3.75. The van der Waals surface area contributed by atoms with E-state index in [9.17, 15) is 4.79 Å². The molecule has 6 heteroatoms. The Balaban J connectivity index is 1.99. The minimum absolute atomic E-state index is 0.273. The molecule has 0 radical (unpaired) electrons. The number of carbonyl (C=O) groups is 1. The van der Waals surface area contributed by atoms with Gasteiger partial charge in [0.2, 0.25) is 0 Å². The fourth-order valence-electron chi connectivity index (χ4n) is 1.73. The van der Waals surface area contributed by atoms with Gasteiger partial charge in [0.25, 0.3) is 5.91 Å². The number of hydrogen-bond donors (Lipinski definition) is 1. The Kier molecular flexibility index (Phi) is 5.76. The average molecular weight is 410 g/mol.